The Kier molecular flexibility index (Phi) is 3.81. The lowest BCUT2D eigenvalue weighted by atomic mass is 10.1. The maximum Gasteiger partial charge on any atom is 0.193 e. The number of imidazole rings is 1. The third-order valence-corrected chi connectivity index (χ3v) is 3.96. The van der Waals surface area contributed by atoms with Gasteiger partial charge in [0.15, 0.2) is 16.5 Å². The highest BCUT2D eigenvalue weighted by molar-refractivity contribution is 7.15. The summed E-state index contributed by atoms with van der Waals surface area (Å²) in [5.74, 6) is 1.24. The molecule has 0 fully saturated rings. The van der Waals surface area contributed by atoms with Gasteiger partial charge in [0, 0.05) is 17.8 Å². The lowest BCUT2D eigenvalue weighted by Crippen LogP contribution is -1.99. The summed E-state index contributed by atoms with van der Waals surface area (Å²) in [5.41, 5.74) is 1.66. The third-order valence-electron chi connectivity index (χ3n) is 3.19. The molecule has 2 heterocycles. The van der Waals surface area contributed by atoms with E-state index in [1.54, 1.807) is 37.5 Å². The molecule has 6 heteroatoms. The normalized spacial score (nSPS) is 12.5. The molecular weight excluding hydrogens is 288 g/mol. The molecule has 0 spiro atoms. The van der Waals surface area contributed by atoms with Crippen LogP contribution >= 0.6 is 11.3 Å². The van der Waals surface area contributed by atoms with Crippen LogP contribution in [0, 0.1) is 0 Å². The standard InChI is InChI=1S/C15H16N2O3S/c1-10(18)11-3-4-13(14(7-11)19-2)20-9-12-8-17-5-6-21-15(17)16-12/h3-8,10,18H,9H2,1-2H3/t10-/m0/s1. The van der Waals surface area contributed by atoms with Crippen molar-refractivity contribution in [2.75, 3.05) is 7.11 Å². The van der Waals surface area contributed by atoms with E-state index >= 15 is 0 Å². The van der Waals surface area contributed by atoms with Crippen molar-refractivity contribution in [1.29, 1.82) is 0 Å². The van der Waals surface area contributed by atoms with Crippen molar-refractivity contribution in [2.24, 2.45) is 0 Å². The zero-order chi connectivity index (χ0) is 14.8. The van der Waals surface area contributed by atoms with E-state index in [1.165, 1.54) is 0 Å². The molecule has 5 nitrogen and oxygen atoms in total. The number of benzene rings is 1. The minimum atomic E-state index is -0.534. The fourth-order valence-electron chi connectivity index (χ4n) is 2.06. The van der Waals surface area contributed by atoms with Crippen molar-refractivity contribution in [1.82, 2.24) is 9.38 Å². The van der Waals surface area contributed by atoms with Crippen LogP contribution < -0.4 is 9.47 Å². The summed E-state index contributed by atoms with van der Waals surface area (Å²) in [5, 5.41) is 11.6. The van der Waals surface area contributed by atoms with Crippen LogP contribution in [0.25, 0.3) is 4.96 Å². The van der Waals surface area contributed by atoms with E-state index in [0.29, 0.717) is 18.1 Å². The van der Waals surface area contributed by atoms with Crippen molar-refractivity contribution < 1.29 is 14.6 Å². The Morgan fingerprint density at radius 2 is 2.24 bits per heavy atom. The molecular formula is C15H16N2O3S. The van der Waals surface area contributed by atoms with Gasteiger partial charge in [-0.05, 0) is 24.6 Å². The second-order valence-electron chi connectivity index (χ2n) is 4.70. The summed E-state index contributed by atoms with van der Waals surface area (Å²) in [6, 6.07) is 5.42. The van der Waals surface area contributed by atoms with Gasteiger partial charge in [0.1, 0.15) is 6.61 Å². The van der Waals surface area contributed by atoms with Gasteiger partial charge < -0.3 is 14.6 Å². The number of hydrogen-bond donors (Lipinski definition) is 1. The van der Waals surface area contributed by atoms with Gasteiger partial charge in [-0.3, -0.25) is 4.40 Å². The molecule has 0 bridgehead atoms. The van der Waals surface area contributed by atoms with Crippen LogP contribution in [0.5, 0.6) is 11.5 Å². The maximum absolute atomic E-state index is 9.59. The Balaban J connectivity index is 1.76. The van der Waals surface area contributed by atoms with Crippen LogP contribution in [0.15, 0.2) is 36.0 Å². The highest BCUT2D eigenvalue weighted by Gasteiger charge is 2.10. The highest BCUT2D eigenvalue weighted by atomic mass is 32.1. The fourth-order valence-corrected chi connectivity index (χ4v) is 2.78. The summed E-state index contributed by atoms with van der Waals surface area (Å²) in [4.78, 5) is 5.41. The van der Waals surface area contributed by atoms with E-state index in [9.17, 15) is 5.11 Å². The molecule has 0 aliphatic rings. The Morgan fingerprint density at radius 3 is 2.95 bits per heavy atom. The Hall–Kier alpha value is -2.05. The van der Waals surface area contributed by atoms with Crippen molar-refractivity contribution in [3.63, 3.8) is 0 Å². The number of ether oxygens (including phenoxy) is 2. The molecule has 0 radical (unpaired) electrons. The summed E-state index contributed by atoms with van der Waals surface area (Å²) < 4.78 is 13.0. The summed E-state index contributed by atoms with van der Waals surface area (Å²) in [6.45, 7) is 2.09. The molecule has 0 saturated carbocycles. The van der Waals surface area contributed by atoms with Gasteiger partial charge in [-0.2, -0.15) is 0 Å². The van der Waals surface area contributed by atoms with Gasteiger partial charge in [0.25, 0.3) is 0 Å². The van der Waals surface area contributed by atoms with E-state index in [1.807, 2.05) is 28.2 Å². The molecule has 1 N–H and O–H groups in total. The summed E-state index contributed by atoms with van der Waals surface area (Å²) >= 11 is 1.59. The molecule has 2 aromatic heterocycles. The number of methoxy groups -OCH3 is 1. The summed E-state index contributed by atoms with van der Waals surface area (Å²) in [7, 11) is 1.58. The molecule has 0 aliphatic carbocycles. The van der Waals surface area contributed by atoms with Gasteiger partial charge in [-0.15, -0.1) is 11.3 Å². The molecule has 1 aromatic carbocycles. The van der Waals surface area contributed by atoms with Gasteiger partial charge in [-0.25, -0.2) is 4.98 Å². The van der Waals surface area contributed by atoms with Crippen molar-refractivity contribution in [3.05, 3.63) is 47.2 Å². The smallest absolute Gasteiger partial charge is 0.193 e. The molecule has 0 unspecified atom stereocenters. The van der Waals surface area contributed by atoms with Gasteiger partial charge in [0.05, 0.1) is 18.9 Å². The first-order valence-electron chi connectivity index (χ1n) is 6.57. The largest absolute Gasteiger partial charge is 0.493 e. The number of aromatic nitrogens is 2. The Bertz CT molecular complexity index is 720. The van der Waals surface area contributed by atoms with Crippen LogP contribution in [0.3, 0.4) is 0 Å². The number of fused-ring (bicyclic) bond motifs is 1. The van der Waals surface area contributed by atoms with E-state index in [-0.39, 0.29) is 0 Å². The van der Waals surface area contributed by atoms with E-state index < -0.39 is 6.10 Å². The lowest BCUT2D eigenvalue weighted by Gasteiger charge is -2.12. The van der Waals surface area contributed by atoms with E-state index in [4.69, 9.17) is 9.47 Å². The number of nitrogens with zero attached hydrogens (tertiary/aromatic N) is 2. The topological polar surface area (TPSA) is 56.0 Å². The van der Waals surface area contributed by atoms with Crippen LogP contribution in [0.2, 0.25) is 0 Å². The van der Waals surface area contributed by atoms with Crippen molar-refractivity contribution in [2.45, 2.75) is 19.6 Å². The predicted octanol–water partition coefficient (Wildman–Crippen LogP) is 3.04. The van der Waals surface area contributed by atoms with Crippen LogP contribution in [-0.2, 0) is 6.61 Å². The van der Waals surface area contributed by atoms with Crippen LogP contribution in [-0.4, -0.2) is 21.6 Å². The van der Waals surface area contributed by atoms with Gasteiger partial charge in [-0.1, -0.05) is 6.07 Å². The first kappa shape index (κ1) is 13.9. The fraction of sp³-hybridized carbons (Fsp3) is 0.267. The quantitative estimate of drug-likeness (QED) is 0.787. The second kappa shape index (κ2) is 5.75. The number of hydrogen-bond acceptors (Lipinski definition) is 5. The lowest BCUT2D eigenvalue weighted by molar-refractivity contribution is 0.198. The zero-order valence-electron chi connectivity index (χ0n) is 11.8. The van der Waals surface area contributed by atoms with Gasteiger partial charge in [0.2, 0.25) is 0 Å². The molecule has 0 saturated heterocycles. The number of rotatable bonds is 5. The average Bonchev–Trinajstić information content (AvgIpc) is 3.05. The third kappa shape index (κ3) is 2.86. The predicted molar refractivity (Wildman–Crippen MR) is 81.0 cm³/mol. The Morgan fingerprint density at radius 1 is 1.38 bits per heavy atom. The van der Waals surface area contributed by atoms with Crippen LogP contribution in [0.1, 0.15) is 24.3 Å². The number of aliphatic hydroxyl groups excluding tert-OH is 1. The number of aliphatic hydroxyl groups is 1. The minimum Gasteiger partial charge on any atom is -0.493 e. The molecule has 110 valence electrons. The molecule has 21 heavy (non-hydrogen) atoms. The number of thiazole rings is 1. The minimum absolute atomic E-state index is 0.374. The highest BCUT2D eigenvalue weighted by Crippen LogP contribution is 2.30. The molecule has 3 aromatic rings. The monoisotopic (exact) mass is 304 g/mol. The first-order chi connectivity index (χ1) is 10.2. The van der Waals surface area contributed by atoms with Crippen molar-refractivity contribution in [3.8, 4) is 11.5 Å². The maximum atomic E-state index is 9.59. The Labute approximate surface area is 126 Å². The average molecular weight is 304 g/mol. The van der Waals surface area contributed by atoms with Crippen LogP contribution in [0.4, 0.5) is 0 Å². The van der Waals surface area contributed by atoms with Gasteiger partial charge >= 0.3 is 0 Å². The van der Waals surface area contributed by atoms with Crippen molar-refractivity contribution >= 4 is 16.3 Å². The molecule has 1 atom stereocenters. The zero-order valence-corrected chi connectivity index (χ0v) is 12.6. The molecule has 3 rings (SSSR count). The SMILES string of the molecule is COc1cc([C@H](C)O)ccc1OCc1cn2ccsc2n1. The first-order valence-corrected chi connectivity index (χ1v) is 7.45. The molecule has 0 aliphatic heterocycles. The van der Waals surface area contributed by atoms with E-state index in [0.717, 1.165) is 16.2 Å². The molecule has 0 amide bonds. The van der Waals surface area contributed by atoms with E-state index in [2.05, 4.69) is 4.98 Å². The second-order valence-corrected chi connectivity index (χ2v) is 5.57. The summed E-state index contributed by atoms with van der Waals surface area (Å²) in [6.07, 6.45) is 3.38.